The second kappa shape index (κ2) is 5.06. The van der Waals surface area contributed by atoms with Gasteiger partial charge in [-0.05, 0) is 31.1 Å². The van der Waals surface area contributed by atoms with Crippen molar-refractivity contribution in [1.82, 2.24) is 0 Å². The first kappa shape index (κ1) is 14.7. The summed E-state index contributed by atoms with van der Waals surface area (Å²) in [6, 6.07) is 17.3. The van der Waals surface area contributed by atoms with E-state index in [9.17, 15) is 9.59 Å². The van der Waals surface area contributed by atoms with Crippen LogP contribution in [0.25, 0.3) is 0 Å². The minimum Gasteiger partial charge on any atom is -0.436 e. The molecule has 0 bridgehead atoms. The minimum absolute atomic E-state index is 0.199. The second-order valence-electron chi connectivity index (χ2n) is 6.21. The van der Waals surface area contributed by atoms with E-state index >= 15 is 0 Å². The van der Waals surface area contributed by atoms with Crippen molar-refractivity contribution < 1.29 is 14.3 Å². The van der Waals surface area contributed by atoms with Crippen molar-refractivity contribution in [2.24, 2.45) is 0 Å². The molecular weight excluding hydrogens is 302 g/mol. The molecule has 4 nitrogen and oxygen atoms in total. The van der Waals surface area contributed by atoms with Crippen molar-refractivity contribution in [3.8, 4) is 0 Å². The van der Waals surface area contributed by atoms with Gasteiger partial charge in [0.25, 0.3) is 5.91 Å². The van der Waals surface area contributed by atoms with Gasteiger partial charge in [0.05, 0.1) is 12.2 Å². The molecule has 120 valence electrons. The largest absolute Gasteiger partial charge is 0.436 e. The lowest BCUT2D eigenvalue weighted by atomic mass is 9.87. The highest BCUT2D eigenvalue weighted by Crippen LogP contribution is 2.51. The van der Waals surface area contributed by atoms with E-state index in [4.69, 9.17) is 4.74 Å². The molecule has 1 unspecified atom stereocenters. The summed E-state index contributed by atoms with van der Waals surface area (Å²) in [5.41, 5.74) is 2.47. The molecule has 4 heteroatoms. The molecule has 2 aliphatic heterocycles. The Morgan fingerprint density at radius 3 is 2.29 bits per heavy atom. The maximum Gasteiger partial charge on any atom is 0.335 e. The van der Waals surface area contributed by atoms with Crippen LogP contribution in [-0.4, -0.2) is 11.9 Å². The van der Waals surface area contributed by atoms with Crippen LogP contribution < -0.4 is 4.90 Å². The lowest BCUT2D eigenvalue weighted by Gasteiger charge is -2.24. The van der Waals surface area contributed by atoms with Crippen LogP contribution in [0.1, 0.15) is 25.0 Å². The number of carbonyl (C=O) groups is 2. The molecular formula is C20H17NO3. The van der Waals surface area contributed by atoms with Crippen LogP contribution in [0.5, 0.6) is 0 Å². The number of fused-ring (bicyclic) bond motifs is 2. The van der Waals surface area contributed by atoms with Crippen molar-refractivity contribution in [3.63, 3.8) is 0 Å². The molecule has 1 spiro atoms. The lowest BCUT2D eigenvalue weighted by Crippen LogP contribution is -2.41. The summed E-state index contributed by atoms with van der Waals surface area (Å²) in [6.45, 7) is 3.96. The van der Waals surface area contributed by atoms with E-state index in [1.807, 2.05) is 54.6 Å². The molecule has 2 heterocycles. The van der Waals surface area contributed by atoms with Gasteiger partial charge >= 0.3 is 5.97 Å². The fraction of sp³-hybridized carbons (Fsp3) is 0.200. The SMILES string of the molecule is CC1=C(C)C2(OC1=O)C(=O)N(Cc1ccccc1)c1ccccc12. The van der Waals surface area contributed by atoms with Crippen LogP contribution in [-0.2, 0) is 26.5 Å². The van der Waals surface area contributed by atoms with Crippen LogP contribution in [0.4, 0.5) is 5.69 Å². The Balaban J connectivity index is 1.86. The van der Waals surface area contributed by atoms with Crippen LogP contribution in [0.2, 0.25) is 0 Å². The van der Waals surface area contributed by atoms with E-state index in [0.29, 0.717) is 17.7 Å². The number of para-hydroxylation sites is 1. The van der Waals surface area contributed by atoms with E-state index in [0.717, 1.165) is 16.8 Å². The second-order valence-corrected chi connectivity index (χ2v) is 6.21. The van der Waals surface area contributed by atoms with Gasteiger partial charge < -0.3 is 9.64 Å². The van der Waals surface area contributed by atoms with E-state index in [1.54, 1.807) is 18.7 Å². The first-order valence-corrected chi connectivity index (χ1v) is 7.92. The fourth-order valence-corrected chi connectivity index (χ4v) is 3.51. The molecule has 1 amide bonds. The molecule has 0 aromatic heterocycles. The van der Waals surface area contributed by atoms with E-state index in [1.165, 1.54) is 0 Å². The van der Waals surface area contributed by atoms with Crippen molar-refractivity contribution in [1.29, 1.82) is 0 Å². The fourth-order valence-electron chi connectivity index (χ4n) is 3.51. The third kappa shape index (κ3) is 1.80. The van der Waals surface area contributed by atoms with Gasteiger partial charge in [-0.1, -0.05) is 48.5 Å². The van der Waals surface area contributed by atoms with Gasteiger partial charge in [0.15, 0.2) is 0 Å². The number of benzene rings is 2. The Morgan fingerprint density at radius 2 is 1.62 bits per heavy atom. The van der Waals surface area contributed by atoms with Gasteiger partial charge in [-0.3, -0.25) is 4.79 Å². The number of hydrogen-bond acceptors (Lipinski definition) is 3. The summed E-state index contributed by atoms with van der Waals surface area (Å²) in [7, 11) is 0. The summed E-state index contributed by atoms with van der Waals surface area (Å²) >= 11 is 0. The van der Waals surface area contributed by atoms with E-state index in [-0.39, 0.29) is 5.91 Å². The number of nitrogens with zero attached hydrogens (tertiary/aromatic N) is 1. The first-order chi connectivity index (χ1) is 11.6. The van der Waals surface area contributed by atoms with E-state index < -0.39 is 11.6 Å². The highest BCUT2D eigenvalue weighted by Gasteiger charge is 2.59. The molecule has 24 heavy (non-hydrogen) atoms. The van der Waals surface area contributed by atoms with Crippen molar-refractivity contribution in [2.75, 3.05) is 4.90 Å². The van der Waals surface area contributed by atoms with Crippen LogP contribution in [0.3, 0.4) is 0 Å². The van der Waals surface area contributed by atoms with Crippen molar-refractivity contribution in [2.45, 2.75) is 26.0 Å². The van der Waals surface area contributed by atoms with Gasteiger partial charge in [-0.2, -0.15) is 0 Å². The smallest absolute Gasteiger partial charge is 0.335 e. The normalized spacial score (nSPS) is 22.3. The number of hydrogen-bond donors (Lipinski definition) is 0. The average molecular weight is 319 g/mol. The minimum atomic E-state index is -1.30. The standard InChI is InChI=1S/C20H17NO3/c1-13-14(2)20(24-18(13)22)16-10-6-7-11-17(16)21(19(20)23)12-15-8-4-3-5-9-15/h3-11H,12H2,1-2H3. The Kier molecular flexibility index (Phi) is 3.10. The number of carbonyl (C=O) groups excluding carboxylic acids is 2. The molecule has 0 N–H and O–H groups in total. The van der Waals surface area contributed by atoms with Gasteiger partial charge in [0, 0.05) is 11.1 Å². The van der Waals surface area contributed by atoms with Crippen molar-refractivity contribution >= 4 is 17.6 Å². The van der Waals surface area contributed by atoms with Crippen molar-refractivity contribution in [3.05, 3.63) is 76.9 Å². The quantitative estimate of drug-likeness (QED) is 0.798. The summed E-state index contributed by atoms with van der Waals surface area (Å²) in [6.07, 6.45) is 0. The lowest BCUT2D eigenvalue weighted by molar-refractivity contribution is -0.155. The maximum atomic E-state index is 13.3. The van der Waals surface area contributed by atoms with Gasteiger partial charge in [0.2, 0.25) is 5.60 Å². The highest BCUT2D eigenvalue weighted by molar-refractivity contribution is 6.13. The van der Waals surface area contributed by atoms with Gasteiger partial charge in [-0.15, -0.1) is 0 Å². The molecule has 2 aliphatic rings. The van der Waals surface area contributed by atoms with Crippen LogP contribution in [0.15, 0.2) is 65.7 Å². The summed E-state index contributed by atoms with van der Waals surface area (Å²) in [4.78, 5) is 27.1. The predicted molar refractivity (Wildman–Crippen MR) is 90.2 cm³/mol. The molecule has 0 saturated heterocycles. The number of anilines is 1. The zero-order valence-electron chi connectivity index (χ0n) is 13.6. The highest BCUT2D eigenvalue weighted by atomic mass is 16.6. The summed E-state index contributed by atoms with van der Waals surface area (Å²) in [5, 5.41) is 0. The number of rotatable bonds is 2. The third-order valence-corrected chi connectivity index (χ3v) is 4.95. The zero-order chi connectivity index (χ0) is 16.9. The van der Waals surface area contributed by atoms with Crippen LogP contribution in [0, 0.1) is 0 Å². The number of esters is 1. The molecule has 1 atom stereocenters. The zero-order valence-corrected chi connectivity index (χ0v) is 13.6. The summed E-state index contributed by atoms with van der Waals surface area (Å²) < 4.78 is 5.64. The topological polar surface area (TPSA) is 46.6 Å². The predicted octanol–water partition coefficient (Wildman–Crippen LogP) is 3.32. The third-order valence-electron chi connectivity index (χ3n) is 4.95. The molecule has 4 rings (SSSR count). The molecule has 0 radical (unpaired) electrons. The molecule has 2 aromatic rings. The molecule has 0 aliphatic carbocycles. The monoisotopic (exact) mass is 319 g/mol. The first-order valence-electron chi connectivity index (χ1n) is 7.92. The van der Waals surface area contributed by atoms with Gasteiger partial charge in [-0.25, -0.2) is 4.79 Å². The Hall–Kier alpha value is -2.88. The van der Waals surface area contributed by atoms with Gasteiger partial charge in [0.1, 0.15) is 0 Å². The average Bonchev–Trinajstić information content (AvgIpc) is 2.98. The molecule has 0 saturated carbocycles. The maximum absolute atomic E-state index is 13.3. The summed E-state index contributed by atoms with van der Waals surface area (Å²) in [5.74, 6) is -0.618. The Morgan fingerprint density at radius 1 is 0.958 bits per heavy atom. The number of amides is 1. The molecule has 2 aromatic carbocycles. The van der Waals surface area contributed by atoms with Crippen LogP contribution >= 0.6 is 0 Å². The Labute approximate surface area is 140 Å². The van der Waals surface area contributed by atoms with E-state index in [2.05, 4.69) is 0 Å². The number of ether oxygens (including phenoxy) is 1. The Bertz CT molecular complexity index is 885. The molecule has 0 fully saturated rings.